The van der Waals surface area contributed by atoms with E-state index in [4.69, 9.17) is 9.84 Å². The molecule has 0 aliphatic carbocycles. The molecule has 0 bridgehead atoms. The SMILES string of the molecule is CN(C(=O)C1CCCO1)c1ccc(C(=O)O)cn1. The first-order valence-corrected chi connectivity index (χ1v) is 5.68. The number of carboxylic acid groups (broad SMARTS) is 1. The molecule has 0 saturated carbocycles. The smallest absolute Gasteiger partial charge is 0.337 e. The maximum absolute atomic E-state index is 12.0. The van der Waals surface area contributed by atoms with Crippen LogP contribution in [-0.4, -0.2) is 41.7 Å². The van der Waals surface area contributed by atoms with Gasteiger partial charge in [0.2, 0.25) is 0 Å². The molecule has 0 aromatic carbocycles. The lowest BCUT2D eigenvalue weighted by Gasteiger charge is -2.19. The molecule has 1 aliphatic heterocycles. The third-order valence-corrected chi connectivity index (χ3v) is 2.87. The third kappa shape index (κ3) is 2.48. The molecule has 1 N–H and O–H groups in total. The fourth-order valence-corrected chi connectivity index (χ4v) is 1.81. The second-order valence-electron chi connectivity index (χ2n) is 4.11. The van der Waals surface area contributed by atoms with E-state index in [9.17, 15) is 9.59 Å². The number of carbonyl (C=O) groups is 2. The van der Waals surface area contributed by atoms with Crippen molar-refractivity contribution >= 4 is 17.7 Å². The summed E-state index contributed by atoms with van der Waals surface area (Å²) in [5.41, 5.74) is 0.0942. The molecule has 6 nitrogen and oxygen atoms in total. The average molecular weight is 250 g/mol. The first-order chi connectivity index (χ1) is 8.59. The topological polar surface area (TPSA) is 79.7 Å². The minimum absolute atomic E-state index is 0.0942. The van der Waals surface area contributed by atoms with E-state index in [1.165, 1.54) is 23.2 Å². The Bertz CT molecular complexity index is 452. The summed E-state index contributed by atoms with van der Waals surface area (Å²) in [6.45, 7) is 0.607. The molecule has 1 fully saturated rings. The van der Waals surface area contributed by atoms with Gasteiger partial charge in [0.15, 0.2) is 0 Å². The van der Waals surface area contributed by atoms with Gasteiger partial charge >= 0.3 is 5.97 Å². The standard InChI is InChI=1S/C12H14N2O4/c1-14(11(15)9-3-2-6-18-9)10-5-4-8(7-13-10)12(16)17/h4-5,7,9H,2-3,6H2,1H3,(H,16,17). The number of amides is 1. The lowest BCUT2D eigenvalue weighted by Crippen LogP contribution is -2.36. The molecule has 0 radical (unpaired) electrons. The Kier molecular flexibility index (Phi) is 3.57. The van der Waals surface area contributed by atoms with E-state index in [-0.39, 0.29) is 11.5 Å². The molecule has 18 heavy (non-hydrogen) atoms. The highest BCUT2D eigenvalue weighted by molar-refractivity contribution is 5.95. The van der Waals surface area contributed by atoms with Gasteiger partial charge in [-0.2, -0.15) is 0 Å². The van der Waals surface area contributed by atoms with E-state index in [0.717, 1.165) is 12.8 Å². The molecule has 0 spiro atoms. The van der Waals surface area contributed by atoms with Gasteiger partial charge in [-0.3, -0.25) is 9.69 Å². The number of aromatic nitrogens is 1. The van der Waals surface area contributed by atoms with Crippen LogP contribution in [0.5, 0.6) is 0 Å². The molecule has 2 heterocycles. The quantitative estimate of drug-likeness (QED) is 0.862. The van der Waals surface area contributed by atoms with Crippen molar-refractivity contribution in [2.24, 2.45) is 0 Å². The molecule has 2 rings (SSSR count). The number of pyridine rings is 1. The molecule has 96 valence electrons. The molecular weight excluding hydrogens is 236 g/mol. The van der Waals surface area contributed by atoms with Crippen LogP contribution in [0.3, 0.4) is 0 Å². The van der Waals surface area contributed by atoms with Gasteiger partial charge in [-0.15, -0.1) is 0 Å². The summed E-state index contributed by atoms with van der Waals surface area (Å²) in [5, 5.41) is 8.76. The number of likely N-dealkylation sites (N-methyl/N-ethyl adjacent to an activating group) is 1. The zero-order chi connectivity index (χ0) is 13.1. The van der Waals surface area contributed by atoms with Crippen LogP contribution in [0.25, 0.3) is 0 Å². The van der Waals surface area contributed by atoms with Gasteiger partial charge in [0.25, 0.3) is 5.91 Å². The van der Waals surface area contributed by atoms with E-state index < -0.39 is 12.1 Å². The number of hydrogen-bond donors (Lipinski definition) is 1. The van der Waals surface area contributed by atoms with Crippen LogP contribution in [0.1, 0.15) is 23.2 Å². The van der Waals surface area contributed by atoms with E-state index in [1.807, 2.05) is 0 Å². The van der Waals surface area contributed by atoms with E-state index >= 15 is 0 Å². The van der Waals surface area contributed by atoms with Gasteiger partial charge in [0.1, 0.15) is 11.9 Å². The molecule has 1 unspecified atom stereocenters. The molecule has 6 heteroatoms. The fourth-order valence-electron chi connectivity index (χ4n) is 1.81. The van der Waals surface area contributed by atoms with Gasteiger partial charge in [0, 0.05) is 19.9 Å². The summed E-state index contributed by atoms with van der Waals surface area (Å²) in [5.74, 6) is -0.772. The van der Waals surface area contributed by atoms with Crippen molar-refractivity contribution in [1.82, 2.24) is 4.98 Å². The van der Waals surface area contributed by atoms with Crippen molar-refractivity contribution in [2.75, 3.05) is 18.6 Å². The summed E-state index contributed by atoms with van der Waals surface area (Å²) in [7, 11) is 1.60. The molecule has 1 aromatic rings. The van der Waals surface area contributed by atoms with Crippen LogP contribution in [0.15, 0.2) is 18.3 Å². The number of nitrogens with zero attached hydrogens (tertiary/aromatic N) is 2. The number of hydrogen-bond acceptors (Lipinski definition) is 4. The lowest BCUT2D eigenvalue weighted by atomic mass is 10.2. The Labute approximate surface area is 104 Å². The minimum atomic E-state index is -1.04. The van der Waals surface area contributed by atoms with Crippen molar-refractivity contribution in [3.63, 3.8) is 0 Å². The van der Waals surface area contributed by atoms with Crippen molar-refractivity contribution in [1.29, 1.82) is 0 Å². The van der Waals surface area contributed by atoms with Gasteiger partial charge in [-0.1, -0.05) is 0 Å². The zero-order valence-electron chi connectivity index (χ0n) is 10.00. The Balaban J connectivity index is 2.10. The Morgan fingerprint density at radius 3 is 2.78 bits per heavy atom. The van der Waals surface area contributed by atoms with E-state index in [2.05, 4.69) is 4.98 Å². The largest absolute Gasteiger partial charge is 0.478 e. The highest BCUT2D eigenvalue weighted by Gasteiger charge is 2.27. The molecular formula is C12H14N2O4. The van der Waals surface area contributed by atoms with Crippen molar-refractivity contribution < 1.29 is 19.4 Å². The number of anilines is 1. The first-order valence-electron chi connectivity index (χ1n) is 5.68. The normalized spacial score (nSPS) is 18.6. The number of ether oxygens (including phenoxy) is 1. The second kappa shape index (κ2) is 5.14. The monoisotopic (exact) mass is 250 g/mol. The second-order valence-corrected chi connectivity index (χ2v) is 4.11. The zero-order valence-corrected chi connectivity index (χ0v) is 10.00. The van der Waals surface area contributed by atoms with Crippen LogP contribution in [0, 0.1) is 0 Å². The average Bonchev–Trinajstić information content (AvgIpc) is 2.91. The summed E-state index contributed by atoms with van der Waals surface area (Å²) >= 11 is 0. The molecule has 1 aromatic heterocycles. The molecule has 1 amide bonds. The number of rotatable bonds is 3. The van der Waals surface area contributed by atoms with Crippen LogP contribution >= 0.6 is 0 Å². The van der Waals surface area contributed by atoms with Crippen LogP contribution in [0.2, 0.25) is 0 Å². The summed E-state index contributed by atoms with van der Waals surface area (Å²) in [6, 6.07) is 2.93. The van der Waals surface area contributed by atoms with Crippen molar-refractivity contribution in [2.45, 2.75) is 18.9 Å². The maximum atomic E-state index is 12.0. The van der Waals surface area contributed by atoms with Crippen LogP contribution in [0.4, 0.5) is 5.82 Å². The Morgan fingerprint density at radius 2 is 2.28 bits per heavy atom. The summed E-state index contributed by atoms with van der Waals surface area (Å²) in [4.78, 5) is 28.0. The minimum Gasteiger partial charge on any atom is -0.478 e. The Hall–Kier alpha value is -1.95. The summed E-state index contributed by atoms with van der Waals surface area (Å²) < 4.78 is 5.31. The lowest BCUT2D eigenvalue weighted by molar-refractivity contribution is -0.127. The van der Waals surface area contributed by atoms with Crippen LogP contribution < -0.4 is 4.90 Å². The van der Waals surface area contributed by atoms with Gasteiger partial charge in [0.05, 0.1) is 5.56 Å². The van der Waals surface area contributed by atoms with Gasteiger partial charge in [-0.05, 0) is 25.0 Å². The van der Waals surface area contributed by atoms with Crippen LogP contribution in [-0.2, 0) is 9.53 Å². The Morgan fingerprint density at radius 1 is 1.50 bits per heavy atom. The highest BCUT2D eigenvalue weighted by atomic mass is 16.5. The van der Waals surface area contributed by atoms with E-state index in [0.29, 0.717) is 12.4 Å². The predicted molar refractivity (Wildman–Crippen MR) is 63.6 cm³/mol. The van der Waals surface area contributed by atoms with E-state index in [1.54, 1.807) is 7.05 Å². The number of carbonyl (C=O) groups excluding carboxylic acids is 1. The first kappa shape index (κ1) is 12.5. The molecule has 1 saturated heterocycles. The highest BCUT2D eigenvalue weighted by Crippen LogP contribution is 2.17. The third-order valence-electron chi connectivity index (χ3n) is 2.87. The van der Waals surface area contributed by atoms with Gasteiger partial charge in [-0.25, -0.2) is 9.78 Å². The molecule has 1 atom stereocenters. The van der Waals surface area contributed by atoms with Crippen molar-refractivity contribution in [3.05, 3.63) is 23.9 Å². The van der Waals surface area contributed by atoms with Gasteiger partial charge < -0.3 is 9.84 Å². The summed E-state index contributed by atoms with van der Waals surface area (Å²) in [6.07, 6.45) is 2.43. The predicted octanol–water partition coefficient (Wildman–Crippen LogP) is 0.922. The maximum Gasteiger partial charge on any atom is 0.337 e. The van der Waals surface area contributed by atoms with Crippen molar-refractivity contribution in [3.8, 4) is 0 Å². The number of carboxylic acids is 1. The number of aromatic carboxylic acids is 1. The fraction of sp³-hybridized carbons (Fsp3) is 0.417. The molecule has 1 aliphatic rings.